The topological polar surface area (TPSA) is 61.3 Å². The van der Waals surface area contributed by atoms with Crippen LogP contribution in [0.2, 0.25) is 0 Å². The van der Waals surface area contributed by atoms with Crippen molar-refractivity contribution < 1.29 is 14.3 Å². The predicted octanol–water partition coefficient (Wildman–Crippen LogP) is 7.39. The fraction of sp³-hybridized carbons (Fsp3) is 0.593. The standard InChI is InChI=1S/C27H40N2O3/c1-4-6-7-8-9-10-11-12-19-31-24-16-14-23(15-17-24)27-28-20-25(21-29-27)32-26(30)18-13-22(3)5-2/h14-17,20-22H,4-13,18-19H2,1-3H3. The van der Waals surface area contributed by atoms with Gasteiger partial charge in [0, 0.05) is 12.0 Å². The normalized spacial score (nSPS) is 11.8. The molecule has 5 nitrogen and oxygen atoms in total. The maximum absolute atomic E-state index is 11.9. The molecule has 0 aliphatic carbocycles. The fourth-order valence-electron chi connectivity index (χ4n) is 3.40. The van der Waals surface area contributed by atoms with Gasteiger partial charge in [0.05, 0.1) is 19.0 Å². The van der Waals surface area contributed by atoms with Crippen LogP contribution in [0.5, 0.6) is 11.5 Å². The summed E-state index contributed by atoms with van der Waals surface area (Å²) in [5, 5.41) is 0. The Morgan fingerprint density at radius 3 is 2.12 bits per heavy atom. The summed E-state index contributed by atoms with van der Waals surface area (Å²) in [6.45, 7) is 7.26. The van der Waals surface area contributed by atoms with E-state index in [-0.39, 0.29) is 5.97 Å². The Kier molecular flexibility index (Phi) is 12.4. The van der Waals surface area contributed by atoms with Gasteiger partial charge in [-0.2, -0.15) is 0 Å². The molecule has 0 amide bonds. The van der Waals surface area contributed by atoms with E-state index in [0.29, 0.717) is 23.9 Å². The Bertz CT molecular complexity index is 759. The van der Waals surface area contributed by atoms with Gasteiger partial charge in [-0.05, 0) is 43.0 Å². The van der Waals surface area contributed by atoms with Gasteiger partial charge < -0.3 is 9.47 Å². The zero-order valence-corrected chi connectivity index (χ0v) is 20.1. The Morgan fingerprint density at radius 2 is 1.50 bits per heavy atom. The average molecular weight is 441 g/mol. The summed E-state index contributed by atoms with van der Waals surface area (Å²) in [5.74, 6) is 2.13. The second kappa shape index (κ2) is 15.4. The second-order valence-corrected chi connectivity index (χ2v) is 8.62. The van der Waals surface area contributed by atoms with Crippen LogP contribution in [0.1, 0.15) is 91.4 Å². The van der Waals surface area contributed by atoms with Gasteiger partial charge >= 0.3 is 5.97 Å². The molecule has 2 rings (SSSR count). The second-order valence-electron chi connectivity index (χ2n) is 8.62. The van der Waals surface area contributed by atoms with E-state index < -0.39 is 0 Å². The molecule has 1 atom stereocenters. The van der Waals surface area contributed by atoms with Crippen molar-refractivity contribution in [3.8, 4) is 22.9 Å². The quantitative estimate of drug-likeness (QED) is 0.201. The van der Waals surface area contributed by atoms with Gasteiger partial charge in [-0.3, -0.25) is 4.79 Å². The molecule has 1 heterocycles. The van der Waals surface area contributed by atoms with Crippen LogP contribution in [0.15, 0.2) is 36.7 Å². The highest BCUT2D eigenvalue weighted by molar-refractivity contribution is 5.72. The molecule has 2 aromatic rings. The lowest BCUT2D eigenvalue weighted by Crippen LogP contribution is -2.10. The van der Waals surface area contributed by atoms with Gasteiger partial charge in [0.15, 0.2) is 11.6 Å². The molecule has 32 heavy (non-hydrogen) atoms. The summed E-state index contributed by atoms with van der Waals surface area (Å²) < 4.78 is 11.2. The first-order valence-corrected chi connectivity index (χ1v) is 12.4. The van der Waals surface area contributed by atoms with Crippen LogP contribution in [-0.2, 0) is 4.79 Å². The van der Waals surface area contributed by atoms with E-state index in [1.807, 2.05) is 24.3 Å². The van der Waals surface area contributed by atoms with Crippen molar-refractivity contribution in [3.63, 3.8) is 0 Å². The summed E-state index contributed by atoms with van der Waals surface area (Å²) >= 11 is 0. The Balaban J connectivity index is 1.69. The molecule has 0 aliphatic heterocycles. The third-order valence-corrected chi connectivity index (χ3v) is 5.78. The summed E-state index contributed by atoms with van der Waals surface area (Å²) in [6.07, 6.45) is 15.8. The maximum atomic E-state index is 11.9. The summed E-state index contributed by atoms with van der Waals surface area (Å²) in [6, 6.07) is 7.81. The van der Waals surface area contributed by atoms with Gasteiger partial charge in [-0.15, -0.1) is 0 Å². The first-order chi connectivity index (χ1) is 15.6. The van der Waals surface area contributed by atoms with Crippen LogP contribution in [0.25, 0.3) is 11.4 Å². The average Bonchev–Trinajstić information content (AvgIpc) is 2.82. The number of nitrogens with zero attached hydrogens (tertiary/aromatic N) is 2. The maximum Gasteiger partial charge on any atom is 0.311 e. The van der Waals surface area contributed by atoms with Gasteiger partial charge in [-0.1, -0.05) is 72.1 Å². The highest BCUT2D eigenvalue weighted by atomic mass is 16.5. The van der Waals surface area contributed by atoms with Crippen molar-refractivity contribution in [1.29, 1.82) is 0 Å². The third-order valence-electron chi connectivity index (χ3n) is 5.78. The van der Waals surface area contributed by atoms with E-state index in [1.165, 1.54) is 44.9 Å². The Morgan fingerprint density at radius 1 is 0.875 bits per heavy atom. The Hall–Kier alpha value is -2.43. The Labute approximate surface area is 194 Å². The minimum absolute atomic E-state index is 0.236. The van der Waals surface area contributed by atoms with E-state index >= 15 is 0 Å². The lowest BCUT2D eigenvalue weighted by Gasteiger charge is -2.08. The molecule has 176 valence electrons. The van der Waals surface area contributed by atoms with Crippen LogP contribution >= 0.6 is 0 Å². The SMILES string of the molecule is CCCCCCCCCCOc1ccc(-c2ncc(OC(=O)CCC(C)CC)cn2)cc1. The lowest BCUT2D eigenvalue weighted by atomic mass is 10.0. The molecule has 0 aliphatic rings. The number of benzene rings is 1. The molecule has 0 fully saturated rings. The molecule has 0 saturated carbocycles. The van der Waals surface area contributed by atoms with Gasteiger partial charge in [0.25, 0.3) is 0 Å². The number of carbonyl (C=O) groups is 1. The summed E-state index contributed by atoms with van der Waals surface area (Å²) in [4.78, 5) is 20.6. The molecule has 1 unspecified atom stereocenters. The predicted molar refractivity (Wildman–Crippen MR) is 130 cm³/mol. The number of hydrogen-bond acceptors (Lipinski definition) is 5. The van der Waals surface area contributed by atoms with E-state index in [1.54, 1.807) is 12.4 Å². The van der Waals surface area contributed by atoms with Crippen molar-refractivity contribution in [3.05, 3.63) is 36.7 Å². The van der Waals surface area contributed by atoms with Crippen molar-refractivity contribution in [2.45, 2.75) is 91.4 Å². The highest BCUT2D eigenvalue weighted by Crippen LogP contribution is 2.21. The van der Waals surface area contributed by atoms with Crippen LogP contribution in [0.3, 0.4) is 0 Å². The van der Waals surface area contributed by atoms with Crippen molar-refractivity contribution in [2.75, 3.05) is 6.61 Å². The minimum atomic E-state index is -0.236. The largest absolute Gasteiger partial charge is 0.494 e. The molecule has 5 heteroatoms. The molecule has 0 bridgehead atoms. The van der Waals surface area contributed by atoms with E-state index in [9.17, 15) is 4.79 Å². The fourth-order valence-corrected chi connectivity index (χ4v) is 3.40. The summed E-state index contributed by atoms with van der Waals surface area (Å²) in [5.41, 5.74) is 0.902. The number of aromatic nitrogens is 2. The van der Waals surface area contributed by atoms with Crippen LogP contribution < -0.4 is 9.47 Å². The van der Waals surface area contributed by atoms with E-state index in [0.717, 1.165) is 37.2 Å². The van der Waals surface area contributed by atoms with Crippen LogP contribution in [0.4, 0.5) is 0 Å². The molecular weight excluding hydrogens is 400 g/mol. The number of esters is 1. The van der Waals surface area contributed by atoms with E-state index in [2.05, 4.69) is 30.7 Å². The monoisotopic (exact) mass is 440 g/mol. The zero-order chi connectivity index (χ0) is 23.0. The van der Waals surface area contributed by atoms with Crippen molar-refractivity contribution in [2.24, 2.45) is 5.92 Å². The number of unbranched alkanes of at least 4 members (excludes halogenated alkanes) is 7. The zero-order valence-electron chi connectivity index (χ0n) is 20.1. The first-order valence-electron chi connectivity index (χ1n) is 12.4. The number of carbonyl (C=O) groups excluding carboxylic acids is 1. The summed E-state index contributed by atoms with van der Waals surface area (Å²) in [7, 11) is 0. The molecule has 1 aromatic heterocycles. The molecule has 0 N–H and O–H groups in total. The van der Waals surface area contributed by atoms with Gasteiger partial charge in [0.1, 0.15) is 5.75 Å². The number of rotatable bonds is 16. The molecule has 1 aromatic carbocycles. The number of ether oxygens (including phenoxy) is 2. The minimum Gasteiger partial charge on any atom is -0.494 e. The highest BCUT2D eigenvalue weighted by Gasteiger charge is 2.09. The first kappa shape index (κ1) is 25.8. The van der Waals surface area contributed by atoms with Gasteiger partial charge in [0.2, 0.25) is 0 Å². The van der Waals surface area contributed by atoms with Crippen LogP contribution in [-0.4, -0.2) is 22.5 Å². The third kappa shape index (κ3) is 10.3. The lowest BCUT2D eigenvalue weighted by molar-refractivity contribution is -0.134. The van der Waals surface area contributed by atoms with E-state index in [4.69, 9.17) is 9.47 Å². The molecule has 0 radical (unpaired) electrons. The van der Waals surface area contributed by atoms with Gasteiger partial charge in [-0.25, -0.2) is 9.97 Å². The van der Waals surface area contributed by atoms with Crippen LogP contribution in [0, 0.1) is 5.92 Å². The van der Waals surface area contributed by atoms with Crippen molar-refractivity contribution >= 4 is 5.97 Å². The van der Waals surface area contributed by atoms with Crippen molar-refractivity contribution in [1.82, 2.24) is 9.97 Å². The molecule has 0 saturated heterocycles. The number of hydrogen-bond donors (Lipinski definition) is 0. The smallest absolute Gasteiger partial charge is 0.311 e. The molecule has 0 spiro atoms. The molecular formula is C27H40N2O3.